The van der Waals surface area contributed by atoms with Gasteiger partial charge in [0, 0.05) is 22.9 Å². The molecule has 4 aromatic carbocycles. The van der Waals surface area contributed by atoms with E-state index in [-0.39, 0.29) is 5.56 Å². The highest BCUT2D eigenvalue weighted by atomic mass is 32.1. The molecule has 6 nitrogen and oxygen atoms in total. The molecule has 0 saturated carbocycles. The number of aryl methyl sites for hydroxylation is 1. The zero-order valence-electron chi connectivity index (χ0n) is 20.4. The van der Waals surface area contributed by atoms with Gasteiger partial charge in [-0.1, -0.05) is 89.7 Å². The molecule has 0 N–H and O–H groups in total. The van der Waals surface area contributed by atoms with Crippen molar-refractivity contribution in [1.29, 1.82) is 0 Å². The molecule has 7 aromatic rings. The number of para-hydroxylation sites is 1. The second kappa shape index (κ2) is 8.90. The lowest BCUT2D eigenvalue weighted by Crippen LogP contribution is -2.23. The highest BCUT2D eigenvalue weighted by molar-refractivity contribution is 7.15. The zero-order chi connectivity index (χ0) is 25.6. The van der Waals surface area contributed by atoms with Gasteiger partial charge in [-0.2, -0.15) is 14.6 Å². The first kappa shape index (κ1) is 22.3. The summed E-state index contributed by atoms with van der Waals surface area (Å²) in [5, 5.41) is 11.8. The lowest BCUT2D eigenvalue weighted by atomic mass is 10.0. The van der Waals surface area contributed by atoms with Gasteiger partial charge < -0.3 is 0 Å². The van der Waals surface area contributed by atoms with Crippen LogP contribution >= 0.6 is 11.3 Å². The summed E-state index contributed by atoms with van der Waals surface area (Å²) in [5.41, 5.74) is 5.42. The summed E-state index contributed by atoms with van der Waals surface area (Å²) in [5.74, 6) is 0.553. The first-order valence-electron chi connectivity index (χ1n) is 12.2. The summed E-state index contributed by atoms with van der Waals surface area (Å²) in [6.07, 6.45) is 3.86. The molecule has 3 heterocycles. The standard InChI is InChI=1S/C31H21N5OS/c1-20-8-7-11-24(16-20)29-32-31-36(34-29)30(37)27(38-31)18-25-19-35(26-12-3-2-4-13-26)33-28(25)23-15-14-21-9-5-6-10-22(21)17-23/h2-19H,1H3. The van der Waals surface area contributed by atoms with E-state index in [1.165, 1.54) is 21.2 Å². The van der Waals surface area contributed by atoms with E-state index in [0.29, 0.717) is 15.3 Å². The molecule has 0 aliphatic heterocycles. The Labute approximate surface area is 221 Å². The van der Waals surface area contributed by atoms with E-state index in [4.69, 9.17) is 5.10 Å². The summed E-state index contributed by atoms with van der Waals surface area (Å²) in [7, 11) is 0. The minimum atomic E-state index is -0.187. The predicted octanol–water partition coefficient (Wildman–Crippen LogP) is 5.68. The highest BCUT2D eigenvalue weighted by Crippen LogP contribution is 2.28. The van der Waals surface area contributed by atoms with Gasteiger partial charge in [-0.25, -0.2) is 4.68 Å². The Hall–Kier alpha value is -4.88. The minimum absolute atomic E-state index is 0.187. The first-order chi connectivity index (χ1) is 18.6. The fourth-order valence-electron chi connectivity index (χ4n) is 4.65. The number of hydrogen-bond donors (Lipinski definition) is 0. The van der Waals surface area contributed by atoms with E-state index < -0.39 is 0 Å². The van der Waals surface area contributed by atoms with Crippen molar-refractivity contribution in [2.24, 2.45) is 0 Å². The Kier molecular flexibility index (Phi) is 5.23. The monoisotopic (exact) mass is 511 g/mol. The van der Waals surface area contributed by atoms with Crippen LogP contribution in [0.2, 0.25) is 0 Å². The minimum Gasteiger partial charge on any atom is -0.266 e. The van der Waals surface area contributed by atoms with Crippen molar-refractivity contribution in [2.45, 2.75) is 6.92 Å². The summed E-state index contributed by atoms with van der Waals surface area (Å²) in [4.78, 5) is 18.6. The molecule has 7 heteroatoms. The molecule has 0 radical (unpaired) electrons. The summed E-state index contributed by atoms with van der Waals surface area (Å²) >= 11 is 1.33. The number of aromatic nitrogens is 5. The molecule has 0 spiro atoms. The third-order valence-corrected chi connectivity index (χ3v) is 7.49. The van der Waals surface area contributed by atoms with Crippen molar-refractivity contribution in [3.63, 3.8) is 0 Å². The topological polar surface area (TPSA) is 65.1 Å². The van der Waals surface area contributed by atoms with Crippen molar-refractivity contribution >= 4 is 33.1 Å². The van der Waals surface area contributed by atoms with Gasteiger partial charge in [0.1, 0.15) is 5.69 Å². The SMILES string of the molecule is Cc1cccc(-c2nc3sc(=Cc4cn(-c5ccccc5)nc4-c4ccc5ccccc5c4)c(=O)n3n2)c1. The normalized spacial score (nSPS) is 12.1. The fourth-order valence-corrected chi connectivity index (χ4v) is 5.55. The number of nitrogens with zero attached hydrogens (tertiary/aromatic N) is 5. The molecule has 182 valence electrons. The van der Waals surface area contributed by atoms with Crippen molar-refractivity contribution in [2.75, 3.05) is 0 Å². The van der Waals surface area contributed by atoms with E-state index in [1.54, 1.807) is 0 Å². The average molecular weight is 512 g/mol. The van der Waals surface area contributed by atoms with Gasteiger partial charge in [-0.3, -0.25) is 4.79 Å². The smallest absolute Gasteiger partial charge is 0.266 e. The largest absolute Gasteiger partial charge is 0.291 e. The van der Waals surface area contributed by atoms with Crippen LogP contribution in [0, 0.1) is 6.92 Å². The van der Waals surface area contributed by atoms with Gasteiger partial charge in [0.2, 0.25) is 4.96 Å². The van der Waals surface area contributed by atoms with Crippen LogP contribution in [0.5, 0.6) is 0 Å². The quantitative estimate of drug-likeness (QED) is 0.305. The lowest BCUT2D eigenvalue weighted by Gasteiger charge is -2.03. The summed E-state index contributed by atoms with van der Waals surface area (Å²) in [6, 6.07) is 32.5. The van der Waals surface area contributed by atoms with E-state index in [9.17, 15) is 4.79 Å². The molecule has 0 fully saturated rings. The van der Waals surface area contributed by atoms with Gasteiger partial charge in [0.25, 0.3) is 5.56 Å². The number of hydrogen-bond acceptors (Lipinski definition) is 5. The molecule has 7 rings (SSSR count). The molecule has 0 bridgehead atoms. The number of fused-ring (bicyclic) bond motifs is 2. The molecule has 3 aromatic heterocycles. The van der Waals surface area contributed by atoms with E-state index >= 15 is 0 Å². The van der Waals surface area contributed by atoms with Crippen LogP contribution in [0.15, 0.2) is 108 Å². The maximum absolute atomic E-state index is 13.4. The van der Waals surface area contributed by atoms with Crippen LogP contribution < -0.4 is 10.1 Å². The predicted molar refractivity (Wildman–Crippen MR) is 153 cm³/mol. The lowest BCUT2D eigenvalue weighted by molar-refractivity contribution is 0.884. The number of thiazole rings is 1. The van der Waals surface area contributed by atoms with E-state index in [2.05, 4.69) is 40.4 Å². The van der Waals surface area contributed by atoms with Crippen LogP contribution in [0.1, 0.15) is 11.1 Å². The molecule has 0 unspecified atom stereocenters. The zero-order valence-corrected chi connectivity index (χ0v) is 21.3. The van der Waals surface area contributed by atoms with Gasteiger partial charge >= 0.3 is 0 Å². The third-order valence-electron chi connectivity index (χ3n) is 6.53. The second-order valence-corrected chi connectivity index (χ2v) is 10.2. The summed E-state index contributed by atoms with van der Waals surface area (Å²) in [6.45, 7) is 2.02. The van der Waals surface area contributed by atoms with Crippen molar-refractivity contribution in [1.82, 2.24) is 24.4 Å². The second-order valence-electron chi connectivity index (χ2n) is 9.19. The van der Waals surface area contributed by atoms with Crippen LogP contribution in [0.4, 0.5) is 0 Å². The third kappa shape index (κ3) is 3.90. The Morgan fingerprint density at radius 3 is 2.42 bits per heavy atom. The number of benzene rings is 4. The van der Waals surface area contributed by atoms with E-state index in [1.807, 2.05) is 90.6 Å². The van der Waals surface area contributed by atoms with Crippen LogP contribution in [-0.2, 0) is 0 Å². The van der Waals surface area contributed by atoms with E-state index in [0.717, 1.165) is 39.0 Å². The molecule has 0 amide bonds. The average Bonchev–Trinajstić information content (AvgIpc) is 3.64. The number of rotatable bonds is 4. The molecule has 38 heavy (non-hydrogen) atoms. The fraction of sp³-hybridized carbons (Fsp3) is 0.0323. The van der Waals surface area contributed by atoms with Gasteiger partial charge in [-0.15, -0.1) is 5.10 Å². The molecule has 0 aliphatic carbocycles. The van der Waals surface area contributed by atoms with Crippen LogP contribution in [0.3, 0.4) is 0 Å². The van der Waals surface area contributed by atoms with Crippen molar-refractivity contribution < 1.29 is 0 Å². The van der Waals surface area contributed by atoms with Crippen LogP contribution in [0.25, 0.3) is 50.1 Å². The van der Waals surface area contributed by atoms with Gasteiger partial charge in [-0.05, 0) is 48.0 Å². The molecular formula is C31H21N5OS. The Bertz CT molecular complexity index is 2070. The Morgan fingerprint density at radius 1 is 0.789 bits per heavy atom. The molecule has 0 aliphatic rings. The van der Waals surface area contributed by atoms with Crippen LogP contribution in [-0.4, -0.2) is 24.4 Å². The molecule has 0 saturated heterocycles. The van der Waals surface area contributed by atoms with Crippen molar-refractivity contribution in [3.05, 3.63) is 129 Å². The first-order valence-corrected chi connectivity index (χ1v) is 13.1. The highest BCUT2D eigenvalue weighted by Gasteiger charge is 2.15. The van der Waals surface area contributed by atoms with Gasteiger partial charge in [0.05, 0.1) is 10.2 Å². The molecular weight excluding hydrogens is 490 g/mol. The van der Waals surface area contributed by atoms with Crippen molar-refractivity contribution in [3.8, 4) is 28.3 Å². The Balaban J connectivity index is 1.38. The maximum atomic E-state index is 13.4. The molecule has 0 atom stereocenters. The Morgan fingerprint density at radius 2 is 1.61 bits per heavy atom. The maximum Gasteiger partial charge on any atom is 0.291 e. The van der Waals surface area contributed by atoms with Gasteiger partial charge in [0.15, 0.2) is 5.82 Å². The summed E-state index contributed by atoms with van der Waals surface area (Å²) < 4.78 is 3.81.